The molecule has 1 aromatic rings. The number of ketones is 1. The molecule has 0 amide bonds. The highest BCUT2D eigenvalue weighted by Gasteiger charge is 2.02. The number of nitrogens with one attached hydrogen (secondary N) is 1. The third kappa shape index (κ3) is 4.73. The Morgan fingerprint density at radius 3 is 2.94 bits per heavy atom. The predicted molar refractivity (Wildman–Crippen MR) is 63.0 cm³/mol. The van der Waals surface area contributed by atoms with Crippen LogP contribution in [0.25, 0.3) is 0 Å². The minimum atomic E-state index is -0.261. The first-order chi connectivity index (χ1) is 7.59. The van der Waals surface area contributed by atoms with E-state index in [2.05, 4.69) is 5.32 Å². The Kier molecular flexibility index (Phi) is 5.43. The number of hydrogen-bond acceptors (Lipinski definition) is 2. The van der Waals surface area contributed by atoms with Gasteiger partial charge in [-0.15, -0.1) is 0 Å². The van der Waals surface area contributed by atoms with Crippen LogP contribution in [0.5, 0.6) is 0 Å². The van der Waals surface area contributed by atoms with Crippen molar-refractivity contribution < 1.29 is 9.18 Å². The summed E-state index contributed by atoms with van der Waals surface area (Å²) in [5.74, 6) is -0.0841. The van der Waals surface area contributed by atoms with Gasteiger partial charge in [0.1, 0.15) is 11.6 Å². The Morgan fingerprint density at radius 2 is 2.25 bits per heavy atom. The molecule has 16 heavy (non-hydrogen) atoms. The van der Waals surface area contributed by atoms with E-state index in [1.165, 1.54) is 12.1 Å². The lowest BCUT2D eigenvalue weighted by atomic mass is 10.2. The summed E-state index contributed by atoms with van der Waals surface area (Å²) in [7, 11) is 0. The molecule has 0 spiro atoms. The molecule has 0 aliphatic heterocycles. The fourth-order valence-electron chi connectivity index (χ4n) is 1.36. The summed E-state index contributed by atoms with van der Waals surface area (Å²) in [6.45, 7) is 2.70. The molecule has 0 heterocycles. The average Bonchev–Trinajstić information content (AvgIpc) is 2.22. The van der Waals surface area contributed by atoms with Crippen molar-refractivity contribution in [2.45, 2.75) is 26.3 Å². The molecular formula is C12H15ClFNO. The highest BCUT2D eigenvalue weighted by Crippen LogP contribution is 2.14. The summed E-state index contributed by atoms with van der Waals surface area (Å²) in [6.07, 6.45) is 1.34. The van der Waals surface area contributed by atoms with Crippen molar-refractivity contribution in [1.82, 2.24) is 5.32 Å². The lowest BCUT2D eigenvalue weighted by molar-refractivity contribution is -0.117. The Balaban J connectivity index is 2.31. The van der Waals surface area contributed by atoms with Gasteiger partial charge in [0.05, 0.1) is 0 Å². The van der Waals surface area contributed by atoms with Crippen molar-refractivity contribution in [3.8, 4) is 0 Å². The van der Waals surface area contributed by atoms with Crippen LogP contribution in [0.1, 0.15) is 25.3 Å². The van der Waals surface area contributed by atoms with Gasteiger partial charge in [-0.25, -0.2) is 4.39 Å². The molecule has 0 radical (unpaired) electrons. The van der Waals surface area contributed by atoms with Gasteiger partial charge in [0.2, 0.25) is 0 Å². The van der Waals surface area contributed by atoms with E-state index in [4.69, 9.17) is 11.6 Å². The summed E-state index contributed by atoms with van der Waals surface area (Å²) in [5.41, 5.74) is 0.551. The zero-order valence-corrected chi connectivity index (χ0v) is 9.98. The van der Waals surface area contributed by atoms with E-state index in [1.807, 2.05) is 0 Å². The highest BCUT2D eigenvalue weighted by atomic mass is 35.5. The molecular weight excluding hydrogens is 229 g/mol. The third-order valence-electron chi connectivity index (χ3n) is 2.21. The van der Waals surface area contributed by atoms with Crippen LogP contribution in [0.2, 0.25) is 5.02 Å². The fourth-order valence-corrected chi connectivity index (χ4v) is 1.56. The van der Waals surface area contributed by atoms with Crippen LogP contribution in [-0.2, 0) is 11.3 Å². The summed E-state index contributed by atoms with van der Waals surface area (Å²) < 4.78 is 13.3. The van der Waals surface area contributed by atoms with Crippen LogP contribution in [0.15, 0.2) is 18.2 Å². The summed E-state index contributed by atoms with van der Waals surface area (Å²) in [4.78, 5) is 10.7. The average molecular weight is 244 g/mol. The van der Waals surface area contributed by atoms with Crippen LogP contribution in [-0.4, -0.2) is 12.3 Å². The molecule has 2 nitrogen and oxygen atoms in total. The van der Waals surface area contributed by atoms with Crippen molar-refractivity contribution in [3.63, 3.8) is 0 Å². The van der Waals surface area contributed by atoms with Gasteiger partial charge in [0.15, 0.2) is 0 Å². The Morgan fingerprint density at radius 1 is 1.50 bits per heavy atom. The smallest absolute Gasteiger partial charge is 0.129 e. The van der Waals surface area contributed by atoms with E-state index >= 15 is 0 Å². The van der Waals surface area contributed by atoms with Crippen LogP contribution in [0.3, 0.4) is 0 Å². The summed E-state index contributed by atoms with van der Waals surface area (Å²) >= 11 is 5.76. The van der Waals surface area contributed by atoms with Crippen molar-refractivity contribution in [2.24, 2.45) is 0 Å². The second-order valence-electron chi connectivity index (χ2n) is 3.72. The molecule has 0 aromatic heterocycles. The molecule has 0 aliphatic rings. The van der Waals surface area contributed by atoms with Crippen molar-refractivity contribution in [2.75, 3.05) is 6.54 Å². The third-order valence-corrected chi connectivity index (χ3v) is 2.44. The van der Waals surface area contributed by atoms with Crippen LogP contribution < -0.4 is 5.32 Å². The van der Waals surface area contributed by atoms with E-state index < -0.39 is 0 Å². The Hall–Kier alpha value is -0.930. The summed E-state index contributed by atoms with van der Waals surface area (Å²) in [6, 6.07) is 4.49. The number of Topliss-reactive ketones (excluding diaryl/α,β-unsaturated/α-hetero) is 1. The summed E-state index contributed by atoms with van der Waals surface area (Å²) in [5, 5.41) is 3.60. The normalized spacial score (nSPS) is 10.4. The van der Waals surface area contributed by atoms with Gasteiger partial charge in [-0.05, 0) is 38.1 Å². The van der Waals surface area contributed by atoms with Gasteiger partial charge < -0.3 is 10.1 Å². The maximum atomic E-state index is 13.3. The van der Waals surface area contributed by atoms with Gasteiger partial charge in [-0.2, -0.15) is 0 Å². The first-order valence-electron chi connectivity index (χ1n) is 5.23. The molecule has 88 valence electrons. The largest absolute Gasteiger partial charge is 0.313 e. The molecule has 0 fully saturated rings. The minimum absolute atomic E-state index is 0.177. The first-order valence-corrected chi connectivity index (χ1v) is 5.61. The standard InChI is InChI=1S/C12H15ClFNO/c1-9(16)3-2-6-15-8-10-7-11(13)4-5-12(10)14/h4-5,7,15H,2-3,6,8H2,1H3. The molecule has 1 rings (SSSR count). The van der Waals surface area contributed by atoms with E-state index in [9.17, 15) is 9.18 Å². The first kappa shape index (κ1) is 13.1. The molecule has 1 N–H and O–H groups in total. The van der Waals surface area contributed by atoms with Crippen molar-refractivity contribution >= 4 is 17.4 Å². The molecule has 0 unspecified atom stereocenters. The quantitative estimate of drug-likeness (QED) is 0.779. The van der Waals surface area contributed by atoms with Gasteiger partial charge in [-0.1, -0.05) is 11.6 Å². The van der Waals surface area contributed by atoms with E-state index in [1.54, 1.807) is 13.0 Å². The number of halogens is 2. The second kappa shape index (κ2) is 6.61. The lowest BCUT2D eigenvalue weighted by Crippen LogP contribution is -2.16. The number of carbonyl (C=O) groups is 1. The molecule has 0 bridgehead atoms. The van der Waals surface area contributed by atoms with Crippen LogP contribution in [0.4, 0.5) is 4.39 Å². The molecule has 0 atom stereocenters. The second-order valence-corrected chi connectivity index (χ2v) is 4.15. The van der Waals surface area contributed by atoms with Gasteiger partial charge in [0, 0.05) is 23.6 Å². The van der Waals surface area contributed by atoms with Gasteiger partial charge in [-0.3, -0.25) is 0 Å². The van der Waals surface area contributed by atoms with Crippen molar-refractivity contribution in [3.05, 3.63) is 34.6 Å². The SMILES string of the molecule is CC(=O)CCCNCc1cc(Cl)ccc1F. The van der Waals surface area contributed by atoms with Crippen LogP contribution >= 0.6 is 11.6 Å². The number of carbonyl (C=O) groups excluding carboxylic acids is 1. The molecule has 4 heteroatoms. The number of hydrogen-bond donors (Lipinski definition) is 1. The van der Waals surface area contributed by atoms with E-state index in [-0.39, 0.29) is 11.6 Å². The lowest BCUT2D eigenvalue weighted by Gasteiger charge is -2.05. The maximum absolute atomic E-state index is 13.3. The predicted octanol–water partition coefficient (Wildman–Crippen LogP) is 2.94. The molecule has 0 saturated carbocycles. The highest BCUT2D eigenvalue weighted by molar-refractivity contribution is 6.30. The monoisotopic (exact) mass is 243 g/mol. The fraction of sp³-hybridized carbons (Fsp3) is 0.417. The van der Waals surface area contributed by atoms with Gasteiger partial charge in [0.25, 0.3) is 0 Å². The Bertz CT molecular complexity index is 368. The molecule has 0 saturated heterocycles. The van der Waals surface area contributed by atoms with Crippen molar-refractivity contribution in [1.29, 1.82) is 0 Å². The zero-order valence-electron chi connectivity index (χ0n) is 9.22. The number of benzene rings is 1. The van der Waals surface area contributed by atoms with E-state index in [0.29, 0.717) is 30.1 Å². The Labute approximate surface area is 99.8 Å². The van der Waals surface area contributed by atoms with Gasteiger partial charge >= 0.3 is 0 Å². The molecule has 1 aromatic carbocycles. The maximum Gasteiger partial charge on any atom is 0.129 e. The molecule has 0 aliphatic carbocycles. The minimum Gasteiger partial charge on any atom is -0.313 e. The topological polar surface area (TPSA) is 29.1 Å². The van der Waals surface area contributed by atoms with Crippen LogP contribution in [0, 0.1) is 5.82 Å². The van der Waals surface area contributed by atoms with E-state index in [0.717, 1.165) is 6.42 Å². The number of rotatable bonds is 6. The zero-order chi connectivity index (χ0) is 12.0.